The molecule has 2 N–H and O–H groups in total. The summed E-state index contributed by atoms with van der Waals surface area (Å²) in [5, 5.41) is 11.6. The molecule has 0 aliphatic carbocycles. The van der Waals surface area contributed by atoms with E-state index in [0.717, 1.165) is 13.1 Å². The van der Waals surface area contributed by atoms with E-state index in [4.69, 9.17) is 5.11 Å². The molecule has 1 heterocycles. The molecule has 98 valence electrons. The Labute approximate surface area is 102 Å². The maximum absolute atomic E-state index is 11.9. The van der Waals surface area contributed by atoms with Crippen LogP contribution in [0.3, 0.4) is 0 Å². The Hall–Kier alpha value is -1.30. The largest absolute Gasteiger partial charge is 0.480 e. The Morgan fingerprint density at radius 3 is 2.12 bits per heavy atom. The average Bonchev–Trinajstić information content (AvgIpc) is 2.25. The third-order valence-corrected chi connectivity index (χ3v) is 3.00. The summed E-state index contributed by atoms with van der Waals surface area (Å²) < 4.78 is 0. The van der Waals surface area contributed by atoms with Gasteiger partial charge in [-0.2, -0.15) is 0 Å². The molecule has 2 amide bonds. The number of hydrogen-bond donors (Lipinski definition) is 2. The molecule has 1 fully saturated rings. The van der Waals surface area contributed by atoms with E-state index in [2.05, 4.69) is 10.2 Å². The van der Waals surface area contributed by atoms with Crippen molar-refractivity contribution in [1.29, 1.82) is 0 Å². The van der Waals surface area contributed by atoms with Gasteiger partial charge in [0.1, 0.15) is 6.04 Å². The quantitative estimate of drug-likeness (QED) is 0.735. The number of aliphatic carboxylic acids is 1. The van der Waals surface area contributed by atoms with Crippen molar-refractivity contribution >= 4 is 12.0 Å². The second-order valence-electron chi connectivity index (χ2n) is 4.80. The van der Waals surface area contributed by atoms with Crippen molar-refractivity contribution in [3.05, 3.63) is 0 Å². The summed E-state index contributed by atoms with van der Waals surface area (Å²) in [7, 11) is 2.00. The molecule has 0 radical (unpaired) electrons. The number of hydrogen-bond acceptors (Lipinski definition) is 3. The average molecular weight is 243 g/mol. The van der Waals surface area contributed by atoms with Crippen LogP contribution in [-0.2, 0) is 4.79 Å². The molecular weight excluding hydrogens is 222 g/mol. The van der Waals surface area contributed by atoms with Crippen LogP contribution in [-0.4, -0.2) is 66.2 Å². The minimum Gasteiger partial charge on any atom is -0.480 e. The molecule has 1 aliphatic rings. The van der Waals surface area contributed by atoms with Gasteiger partial charge in [-0.15, -0.1) is 0 Å². The van der Waals surface area contributed by atoms with Gasteiger partial charge in [0.2, 0.25) is 0 Å². The number of piperazine rings is 1. The smallest absolute Gasteiger partial charge is 0.326 e. The van der Waals surface area contributed by atoms with Gasteiger partial charge in [0, 0.05) is 26.2 Å². The topological polar surface area (TPSA) is 72.9 Å². The maximum atomic E-state index is 11.9. The van der Waals surface area contributed by atoms with E-state index >= 15 is 0 Å². The highest BCUT2D eigenvalue weighted by molar-refractivity contribution is 5.82. The number of urea groups is 1. The Balaban J connectivity index is 2.50. The highest BCUT2D eigenvalue weighted by atomic mass is 16.4. The molecule has 1 aliphatic heterocycles. The molecule has 0 aromatic heterocycles. The van der Waals surface area contributed by atoms with E-state index in [1.165, 1.54) is 0 Å². The Morgan fingerprint density at radius 2 is 1.71 bits per heavy atom. The van der Waals surface area contributed by atoms with Gasteiger partial charge >= 0.3 is 12.0 Å². The van der Waals surface area contributed by atoms with Crippen molar-refractivity contribution in [3.63, 3.8) is 0 Å². The SMILES string of the molecule is CC(C)[C@@H](NC(=O)N1CCN(C)CC1)C(=O)O. The summed E-state index contributed by atoms with van der Waals surface area (Å²) >= 11 is 0. The van der Waals surface area contributed by atoms with Gasteiger partial charge in [-0.05, 0) is 13.0 Å². The fraction of sp³-hybridized carbons (Fsp3) is 0.818. The van der Waals surface area contributed by atoms with Crippen LogP contribution in [0, 0.1) is 5.92 Å². The van der Waals surface area contributed by atoms with Crippen LogP contribution in [0.4, 0.5) is 4.79 Å². The standard InChI is InChI=1S/C11H21N3O3/c1-8(2)9(10(15)16)12-11(17)14-6-4-13(3)5-7-14/h8-9H,4-7H2,1-3H3,(H,12,17)(H,15,16)/t9-/m1/s1. The molecule has 1 rings (SSSR count). The van der Waals surface area contributed by atoms with Gasteiger partial charge in [-0.3, -0.25) is 0 Å². The zero-order chi connectivity index (χ0) is 13.0. The van der Waals surface area contributed by atoms with Crippen LogP contribution in [0.2, 0.25) is 0 Å². The second kappa shape index (κ2) is 5.86. The van der Waals surface area contributed by atoms with E-state index in [9.17, 15) is 9.59 Å². The van der Waals surface area contributed by atoms with Gasteiger partial charge < -0.3 is 20.2 Å². The maximum Gasteiger partial charge on any atom is 0.326 e. The number of likely N-dealkylation sites (N-methyl/N-ethyl adjacent to an activating group) is 1. The van der Waals surface area contributed by atoms with Gasteiger partial charge in [-0.1, -0.05) is 13.8 Å². The van der Waals surface area contributed by atoms with Crippen molar-refractivity contribution in [2.75, 3.05) is 33.2 Å². The molecule has 17 heavy (non-hydrogen) atoms. The number of nitrogens with one attached hydrogen (secondary N) is 1. The summed E-state index contributed by atoms with van der Waals surface area (Å²) in [6, 6.07) is -1.10. The monoisotopic (exact) mass is 243 g/mol. The Morgan fingerprint density at radius 1 is 1.18 bits per heavy atom. The molecule has 0 aromatic carbocycles. The zero-order valence-corrected chi connectivity index (χ0v) is 10.6. The number of nitrogens with zero attached hydrogens (tertiary/aromatic N) is 2. The molecule has 0 spiro atoms. The van der Waals surface area contributed by atoms with Crippen molar-refractivity contribution in [2.45, 2.75) is 19.9 Å². The van der Waals surface area contributed by atoms with Gasteiger partial charge in [0.15, 0.2) is 0 Å². The normalized spacial score (nSPS) is 19.2. The number of carboxylic acid groups (broad SMARTS) is 1. The first-order chi connectivity index (χ1) is 7.91. The molecule has 1 atom stereocenters. The number of carbonyl (C=O) groups excluding carboxylic acids is 1. The Bertz CT molecular complexity index is 286. The van der Waals surface area contributed by atoms with Crippen LogP contribution >= 0.6 is 0 Å². The van der Waals surface area contributed by atoms with E-state index in [0.29, 0.717) is 13.1 Å². The van der Waals surface area contributed by atoms with Crippen LogP contribution in [0.5, 0.6) is 0 Å². The molecule has 0 aromatic rings. The van der Waals surface area contributed by atoms with Gasteiger partial charge in [-0.25, -0.2) is 9.59 Å². The molecule has 0 saturated carbocycles. The van der Waals surface area contributed by atoms with E-state index in [1.54, 1.807) is 18.7 Å². The third-order valence-electron chi connectivity index (χ3n) is 3.00. The molecule has 0 bridgehead atoms. The zero-order valence-electron chi connectivity index (χ0n) is 10.6. The first-order valence-corrected chi connectivity index (χ1v) is 5.88. The summed E-state index contributed by atoms with van der Waals surface area (Å²) in [5.74, 6) is -1.11. The first-order valence-electron chi connectivity index (χ1n) is 5.88. The van der Waals surface area contributed by atoms with Crippen molar-refractivity contribution in [3.8, 4) is 0 Å². The summed E-state index contributed by atoms with van der Waals surface area (Å²) in [4.78, 5) is 26.6. The van der Waals surface area contributed by atoms with Crippen molar-refractivity contribution in [1.82, 2.24) is 15.1 Å². The summed E-state index contributed by atoms with van der Waals surface area (Å²) in [6.45, 7) is 6.51. The number of carboxylic acids is 1. The predicted molar refractivity (Wildman–Crippen MR) is 63.9 cm³/mol. The fourth-order valence-electron chi connectivity index (χ4n) is 1.75. The van der Waals surface area contributed by atoms with Gasteiger partial charge in [0.05, 0.1) is 0 Å². The van der Waals surface area contributed by atoms with Crippen LogP contribution in [0.25, 0.3) is 0 Å². The van der Waals surface area contributed by atoms with Crippen LogP contribution in [0.1, 0.15) is 13.8 Å². The minimum atomic E-state index is -0.984. The van der Waals surface area contributed by atoms with Crippen LogP contribution < -0.4 is 5.32 Å². The summed E-state index contributed by atoms with van der Waals surface area (Å²) in [6.07, 6.45) is 0. The molecule has 6 heteroatoms. The third kappa shape index (κ3) is 3.89. The van der Waals surface area contributed by atoms with E-state index < -0.39 is 12.0 Å². The first kappa shape index (κ1) is 13.8. The lowest BCUT2D eigenvalue weighted by atomic mass is 10.1. The lowest BCUT2D eigenvalue weighted by Crippen LogP contribution is -2.55. The van der Waals surface area contributed by atoms with Gasteiger partial charge in [0.25, 0.3) is 0 Å². The molecular formula is C11H21N3O3. The summed E-state index contributed by atoms with van der Waals surface area (Å²) in [5.41, 5.74) is 0. The minimum absolute atomic E-state index is 0.121. The second-order valence-corrected chi connectivity index (χ2v) is 4.80. The number of carbonyl (C=O) groups is 2. The van der Waals surface area contributed by atoms with E-state index in [-0.39, 0.29) is 11.9 Å². The molecule has 6 nitrogen and oxygen atoms in total. The highest BCUT2D eigenvalue weighted by Gasteiger charge is 2.27. The van der Waals surface area contributed by atoms with Crippen molar-refractivity contribution < 1.29 is 14.7 Å². The number of amides is 2. The fourth-order valence-corrected chi connectivity index (χ4v) is 1.75. The van der Waals surface area contributed by atoms with E-state index in [1.807, 2.05) is 7.05 Å². The number of rotatable bonds is 3. The van der Waals surface area contributed by atoms with Crippen LogP contribution in [0.15, 0.2) is 0 Å². The molecule has 0 unspecified atom stereocenters. The predicted octanol–water partition coefficient (Wildman–Crippen LogP) is 0.0526. The lowest BCUT2D eigenvalue weighted by Gasteiger charge is -2.33. The Kier molecular flexibility index (Phi) is 4.74. The lowest BCUT2D eigenvalue weighted by molar-refractivity contribution is -0.140. The molecule has 1 saturated heterocycles. The van der Waals surface area contributed by atoms with Crippen molar-refractivity contribution in [2.24, 2.45) is 5.92 Å². The highest BCUT2D eigenvalue weighted by Crippen LogP contribution is 2.05.